The van der Waals surface area contributed by atoms with Crippen LogP contribution in [0.2, 0.25) is 0 Å². The fourth-order valence-electron chi connectivity index (χ4n) is 1.39. The van der Waals surface area contributed by atoms with Gasteiger partial charge in [0.2, 0.25) is 0 Å². The highest BCUT2D eigenvalue weighted by molar-refractivity contribution is 5.32. The SMILES string of the molecule is C[C@]1(O)OCc2ccccc21. The number of benzene rings is 1. The summed E-state index contributed by atoms with van der Waals surface area (Å²) >= 11 is 0. The third-order valence-corrected chi connectivity index (χ3v) is 2.03. The molecule has 0 saturated heterocycles. The second-order valence-electron chi connectivity index (χ2n) is 2.93. The molecule has 0 aromatic heterocycles. The van der Waals surface area contributed by atoms with Gasteiger partial charge < -0.3 is 9.84 Å². The van der Waals surface area contributed by atoms with E-state index in [2.05, 4.69) is 0 Å². The van der Waals surface area contributed by atoms with Crippen molar-refractivity contribution in [1.29, 1.82) is 0 Å². The summed E-state index contributed by atoms with van der Waals surface area (Å²) in [6.45, 7) is 2.18. The Bertz CT molecular complexity index is 279. The van der Waals surface area contributed by atoms with Crippen LogP contribution >= 0.6 is 0 Å². The van der Waals surface area contributed by atoms with Gasteiger partial charge in [-0.1, -0.05) is 24.3 Å². The van der Waals surface area contributed by atoms with Gasteiger partial charge in [0.15, 0.2) is 5.79 Å². The predicted molar refractivity (Wildman–Crippen MR) is 40.8 cm³/mol. The van der Waals surface area contributed by atoms with Crippen molar-refractivity contribution in [2.75, 3.05) is 0 Å². The Labute approximate surface area is 65.4 Å². The molecule has 1 N–H and O–H groups in total. The lowest BCUT2D eigenvalue weighted by Gasteiger charge is -2.15. The zero-order valence-corrected chi connectivity index (χ0v) is 6.37. The average Bonchev–Trinajstić information content (AvgIpc) is 2.29. The standard InChI is InChI=1S/C9H10O2/c1-9(10)8-5-3-2-4-7(8)6-11-9/h2-5,10H,6H2,1H3/t9-/m0/s1. The molecule has 2 heteroatoms. The first-order valence-electron chi connectivity index (χ1n) is 3.65. The van der Waals surface area contributed by atoms with Gasteiger partial charge in [-0.05, 0) is 12.5 Å². The molecule has 1 aromatic rings. The summed E-state index contributed by atoms with van der Waals surface area (Å²) in [5.41, 5.74) is 1.97. The number of aliphatic hydroxyl groups is 1. The highest BCUT2D eigenvalue weighted by Gasteiger charge is 2.32. The minimum atomic E-state index is -1.07. The minimum absolute atomic E-state index is 0.517. The van der Waals surface area contributed by atoms with Crippen molar-refractivity contribution in [1.82, 2.24) is 0 Å². The van der Waals surface area contributed by atoms with Gasteiger partial charge in [-0.3, -0.25) is 0 Å². The van der Waals surface area contributed by atoms with E-state index in [1.165, 1.54) is 0 Å². The third-order valence-electron chi connectivity index (χ3n) is 2.03. The topological polar surface area (TPSA) is 29.5 Å². The molecule has 0 amide bonds. The largest absolute Gasteiger partial charge is 0.362 e. The van der Waals surface area contributed by atoms with E-state index in [0.29, 0.717) is 6.61 Å². The van der Waals surface area contributed by atoms with Crippen LogP contribution in [-0.2, 0) is 17.1 Å². The summed E-state index contributed by atoms with van der Waals surface area (Å²) < 4.78 is 5.17. The van der Waals surface area contributed by atoms with Gasteiger partial charge in [0.25, 0.3) is 0 Å². The molecule has 1 atom stereocenters. The van der Waals surface area contributed by atoms with Gasteiger partial charge in [-0.25, -0.2) is 0 Å². The Kier molecular flexibility index (Phi) is 1.28. The second kappa shape index (κ2) is 2.06. The molecule has 0 unspecified atom stereocenters. The minimum Gasteiger partial charge on any atom is -0.362 e. The molecule has 1 aliphatic heterocycles. The van der Waals surface area contributed by atoms with Crippen molar-refractivity contribution in [2.24, 2.45) is 0 Å². The van der Waals surface area contributed by atoms with Crippen LogP contribution in [0.1, 0.15) is 18.1 Å². The van der Waals surface area contributed by atoms with Gasteiger partial charge in [0.1, 0.15) is 0 Å². The van der Waals surface area contributed by atoms with E-state index < -0.39 is 5.79 Å². The first-order chi connectivity index (χ1) is 5.20. The summed E-state index contributed by atoms with van der Waals surface area (Å²) in [6, 6.07) is 7.71. The van der Waals surface area contributed by atoms with Crippen molar-refractivity contribution >= 4 is 0 Å². The smallest absolute Gasteiger partial charge is 0.190 e. The molecule has 0 aliphatic carbocycles. The van der Waals surface area contributed by atoms with Crippen molar-refractivity contribution in [3.63, 3.8) is 0 Å². The van der Waals surface area contributed by atoms with Crippen LogP contribution in [0.15, 0.2) is 24.3 Å². The van der Waals surface area contributed by atoms with Gasteiger partial charge >= 0.3 is 0 Å². The van der Waals surface area contributed by atoms with E-state index in [-0.39, 0.29) is 0 Å². The monoisotopic (exact) mass is 150 g/mol. The summed E-state index contributed by atoms with van der Waals surface area (Å²) in [4.78, 5) is 0. The lowest BCUT2D eigenvalue weighted by Crippen LogP contribution is -2.18. The van der Waals surface area contributed by atoms with Crippen LogP contribution < -0.4 is 0 Å². The van der Waals surface area contributed by atoms with E-state index in [4.69, 9.17) is 4.74 Å². The van der Waals surface area contributed by atoms with Crippen molar-refractivity contribution < 1.29 is 9.84 Å². The van der Waals surface area contributed by atoms with Crippen molar-refractivity contribution in [3.8, 4) is 0 Å². The molecule has 2 nitrogen and oxygen atoms in total. The van der Waals surface area contributed by atoms with Crippen LogP contribution in [0, 0.1) is 0 Å². The maximum Gasteiger partial charge on any atom is 0.190 e. The highest BCUT2D eigenvalue weighted by atomic mass is 16.6. The fraction of sp³-hybridized carbons (Fsp3) is 0.333. The zero-order chi connectivity index (χ0) is 7.90. The normalized spacial score (nSPS) is 28.5. The Hall–Kier alpha value is -0.860. The fourth-order valence-corrected chi connectivity index (χ4v) is 1.39. The summed E-state index contributed by atoms with van der Waals surface area (Å²) in [5, 5.41) is 9.62. The van der Waals surface area contributed by atoms with Crippen LogP contribution in [-0.4, -0.2) is 5.11 Å². The Morgan fingerprint density at radius 3 is 2.91 bits per heavy atom. The Morgan fingerprint density at radius 2 is 2.18 bits per heavy atom. The number of hydrogen-bond donors (Lipinski definition) is 1. The van der Waals surface area contributed by atoms with Gasteiger partial charge in [0, 0.05) is 5.56 Å². The van der Waals surface area contributed by atoms with Crippen molar-refractivity contribution in [2.45, 2.75) is 19.3 Å². The van der Waals surface area contributed by atoms with E-state index in [9.17, 15) is 5.11 Å². The molecular formula is C9H10O2. The first kappa shape index (κ1) is 6.83. The Morgan fingerprint density at radius 1 is 1.45 bits per heavy atom. The van der Waals surface area contributed by atoms with Crippen LogP contribution in [0.4, 0.5) is 0 Å². The van der Waals surface area contributed by atoms with Crippen LogP contribution in [0.25, 0.3) is 0 Å². The lowest BCUT2D eigenvalue weighted by atomic mass is 10.0. The number of ether oxygens (including phenoxy) is 1. The molecule has 0 bridgehead atoms. The summed E-state index contributed by atoms with van der Waals surface area (Å²) in [5.74, 6) is -1.07. The van der Waals surface area contributed by atoms with Crippen LogP contribution in [0.3, 0.4) is 0 Å². The molecule has 0 saturated carbocycles. The maximum atomic E-state index is 9.62. The van der Waals surface area contributed by atoms with Crippen molar-refractivity contribution in [3.05, 3.63) is 35.4 Å². The average molecular weight is 150 g/mol. The maximum absolute atomic E-state index is 9.62. The van der Waals surface area contributed by atoms with E-state index >= 15 is 0 Å². The zero-order valence-electron chi connectivity index (χ0n) is 6.37. The molecule has 0 spiro atoms. The molecule has 1 aliphatic rings. The quantitative estimate of drug-likeness (QED) is 0.605. The van der Waals surface area contributed by atoms with E-state index in [1.54, 1.807) is 6.92 Å². The molecule has 2 rings (SSSR count). The number of fused-ring (bicyclic) bond motifs is 1. The molecule has 1 heterocycles. The first-order valence-corrected chi connectivity index (χ1v) is 3.65. The van der Waals surface area contributed by atoms with Gasteiger partial charge in [-0.2, -0.15) is 0 Å². The summed E-state index contributed by atoms with van der Waals surface area (Å²) in [6.07, 6.45) is 0. The number of hydrogen-bond acceptors (Lipinski definition) is 2. The number of rotatable bonds is 0. The Balaban J connectivity index is 2.56. The highest BCUT2D eigenvalue weighted by Crippen LogP contribution is 2.33. The van der Waals surface area contributed by atoms with E-state index in [1.807, 2.05) is 24.3 Å². The van der Waals surface area contributed by atoms with Gasteiger partial charge in [-0.15, -0.1) is 0 Å². The molecule has 0 fully saturated rings. The molecular weight excluding hydrogens is 140 g/mol. The predicted octanol–water partition coefficient (Wildman–Crippen LogP) is 1.38. The molecule has 0 radical (unpaired) electrons. The van der Waals surface area contributed by atoms with Crippen LogP contribution in [0.5, 0.6) is 0 Å². The molecule has 11 heavy (non-hydrogen) atoms. The third kappa shape index (κ3) is 0.951. The van der Waals surface area contributed by atoms with E-state index in [0.717, 1.165) is 11.1 Å². The molecule has 1 aromatic carbocycles. The second-order valence-corrected chi connectivity index (χ2v) is 2.93. The van der Waals surface area contributed by atoms with Gasteiger partial charge in [0.05, 0.1) is 6.61 Å². The summed E-state index contributed by atoms with van der Waals surface area (Å²) in [7, 11) is 0. The molecule has 58 valence electrons. The lowest BCUT2D eigenvalue weighted by molar-refractivity contribution is -0.188.